The summed E-state index contributed by atoms with van der Waals surface area (Å²) in [5.74, 6) is -3.47. The molecule has 0 aliphatic carbocycles. The number of phenolic OH excluding ortho intramolecular Hbond substituents is 2. The predicted molar refractivity (Wildman–Crippen MR) is 214 cm³/mol. The lowest BCUT2D eigenvalue weighted by atomic mass is 10.0. The van der Waals surface area contributed by atoms with E-state index in [9.17, 15) is 54.0 Å². The molecular weight excluding hydrogens is 793 g/mol. The van der Waals surface area contributed by atoms with Crippen molar-refractivity contribution in [1.29, 1.82) is 0 Å². The number of urea groups is 1. The number of rotatable bonds is 18. The summed E-state index contributed by atoms with van der Waals surface area (Å²) in [5, 5.41) is 50.0. The molecule has 11 N–H and O–H groups in total. The molecule has 5 amide bonds. The highest BCUT2D eigenvalue weighted by molar-refractivity contribution is 7.98. The van der Waals surface area contributed by atoms with E-state index in [1.54, 1.807) is 24.5 Å². The van der Waals surface area contributed by atoms with Gasteiger partial charge < -0.3 is 57.1 Å². The van der Waals surface area contributed by atoms with Crippen molar-refractivity contribution in [3.05, 3.63) is 105 Å². The first-order chi connectivity index (χ1) is 28.0. The maximum Gasteiger partial charge on any atom is 0.331 e. The fourth-order valence-electron chi connectivity index (χ4n) is 6.14. The molecule has 0 spiro atoms. The summed E-state index contributed by atoms with van der Waals surface area (Å²) in [4.78, 5) is 93.8. The van der Waals surface area contributed by atoms with E-state index in [0.717, 1.165) is 27.9 Å². The van der Waals surface area contributed by atoms with E-state index < -0.39 is 83.5 Å². The molecule has 7 atom stereocenters. The Morgan fingerprint density at radius 3 is 2.20 bits per heavy atom. The molecule has 20 nitrogen and oxygen atoms in total. The third-order valence-corrected chi connectivity index (χ3v) is 10.0. The zero-order valence-electron chi connectivity index (χ0n) is 32.4. The number of benzene rings is 2. The maximum atomic E-state index is 13.9. The number of H-pyrrole nitrogens is 1. The van der Waals surface area contributed by atoms with Gasteiger partial charge in [0.15, 0.2) is 0 Å². The lowest BCUT2D eigenvalue weighted by Crippen LogP contribution is -2.62. The summed E-state index contributed by atoms with van der Waals surface area (Å²) >= 11 is 1.35. The van der Waals surface area contributed by atoms with Crippen LogP contribution in [0.1, 0.15) is 37.1 Å². The summed E-state index contributed by atoms with van der Waals surface area (Å²) in [6.45, 7) is 1.47. The van der Waals surface area contributed by atoms with Gasteiger partial charge in [0.1, 0.15) is 41.5 Å². The van der Waals surface area contributed by atoms with Crippen LogP contribution < -0.4 is 38.2 Å². The van der Waals surface area contributed by atoms with Crippen molar-refractivity contribution in [1.82, 2.24) is 35.7 Å². The highest BCUT2D eigenvalue weighted by Crippen LogP contribution is 2.30. The lowest BCUT2D eigenvalue weighted by molar-refractivity contribution is -0.139. The predicted octanol–water partition coefficient (Wildman–Crippen LogP) is -0.796. The number of carboxylic acids is 1. The molecule has 1 aliphatic rings. The van der Waals surface area contributed by atoms with Gasteiger partial charge in [-0.05, 0) is 67.2 Å². The van der Waals surface area contributed by atoms with Crippen molar-refractivity contribution in [3.63, 3.8) is 0 Å². The number of carboxylic acid groups (broad SMARTS) is 1. The van der Waals surface area contributed by atoms with Crippen molar-refractivity contribution in [3.8, 4) is 11.5 Å². The molecule has 318 valence electrons. The Hall–Kier alpha value is -6.32. The topological polar surface area (TPSA) is 308 Å². The second-order valence-corrected chi connectivity index (χ2v) is 14.8. The van der Waals surface area contributed by atoms with E-state index in [-0.39, 0.29) is 42.9 Å². The first-order valence-corrected chi connectivity index (χ1v) is 19.7. The Kier molecular flexibility index (Phi) is 16.1. The van der Waals surface area contributed by atoms with Gasteiger partial charge in [-0.2, -0.15) is 11.8 Å². The first kappa shape index (κ1) is 45.4. The summed E-state index contributed by atoms with van der Waals surface area (Å²) in [6.07, 6.45) is 1.22. The number of aliphatic hydroxyl groups is 1. The molecule has 0 saturated carbocycles. The highest BCUT2D eigenvalue weighted by atomic mass is 32.2. The monoisotopic (exact) mass is 840 g/mol. The van der Waals surface area contributed by atoms with Crippen molar-refractivity contribution in [2.45, 2.75) is 75.1 Å². The molecule has 4 unspecified atom stereocenters. The van der Waals surface area contributed by atoms with E-state index in [4.69, 9.17) is 10.5 Å². The Balaban J connectivity index is 1.55. The third-order valence-electron chi connectivity index (χ3n) is 9.40. The molecule has 1 fully saturated rings. The van der Waals surface area contributed by atoms with Crippen molar-refractivity contribution in [2.75, 3.05) is 19.1 Å². The summed E-state index contributed by atoms with van der Waals surface area (Å²) in [7, 11) is 1.37. The van der Waals surface area contributed by atoms with Crippen LogP contribution in [0.2, 0.25) is 0 Å². The molecule has 1 aromatic heterocycles. The van der Waals surface area contributed by atoms with Gasteiger partial charge in [-0.1, -0.05) is 24.3 Å². The van der Waals surface area contributed by atoms with E-state index in [1.165, 1.54) is 56.1 Å². The van der Waals surface area contributed by atoms with E-state index in [0.29, 0.717) is 16.9 Å². The van der Waals surface area contributed by atoms with Gasteiger partial charge in [0, 0.05) is 38.4 Å². The van der Waals surface area contributed by atoms with Gasteiger partial charge in [-0.25, -0.2) is 14.4 Å². The molecule has 21 heteroatoms. The number of aliphatic hydroxyl groups excluding tert-OH is 1. The molecule has 4 rings (SSSR count). The molecule has 59 heavy (non-hydrogen) atoms. The molecule has 1 saturated heterocycles. The van der Waals surface area contributed by atoms with Crippen molar-refractivity contribution in [2.24, 2.45) is 5.73 Å². The number of carbonyl (C=O) groups is 5. The number of nitrogens with two attached hydrogens (primary N) is 1. The number of aromatic nitrogens is 2. The zero-order valence-corrected chi connectivity index (χ0v) is 33.2. The number of amides is 5. The second kappa shape index (κ2) is 20.9. The fraction of sp³-hybridized carbons (Fsp3) is 0.395. The highest BCUT2D eigenvalue weighted by Gasteiger charge is 2.37. The Morgan fingerprint density at radius 2 is 1.61 bits per heavy atom. The number of ether oxygens (including phenoxy) is 1. The van der Waals surface area contributed by atoms with Gasteiger partial charge >= 0.3 is 17.7 Å². The summed E-state index contributed by atoms with van der Waals surface area (Å²) < 4.78 is 6.65. The number of nitrogens with one attached hydrogen (secondary N) is 5. The minimum Gasteiger partial charge on any atom is -0.508 e. The van der Waals surface area contributed by atoms with Crippen LogP contribution in [0.15, 0.2) is 82.3 Å². The van der Waals surface area contributed by atoms with Crippen LogP contribution in [0.5, 0.6) is 11.5 Å². The van der Waals surface area contributed by atoms with E-state index >= 15 is 0 Å². The van der Waals surface area contributed by atoms with Crippen LogP contribution in [0.4, 0.5) is 4.79 Å². The standard InChI is InChI=1S/C38H48N8O12S/c1-20(45(2)34(53)26(39)16-21-6-4-8-23(47)14-21)31(33(52)40-19-25-18-29(49)35(58-25)46-12-10-30(50)43-38(46)57)44-32(51)27(11-13-59-3)41-37(56)42-28(36(54)55)17-22-7-5-9-24(48)15-22/h4-10,12,14-15,19-20,26-29,31,35,47-49H,11,13,16-18,39H2,1-3H3,(H,40,52)(H,44,51)(H,54,55)(H2,41,42,56)(H,43,50,57)/b25-19+/t20?,26-,27-,28?,29?,31+,35?/m0/s1. The quantitative estimate of drug-likeness (QED) is 0.0751. The van der Waals surface area contributed by atoms with Crippen LogP contribution in [-0.2, 0) is 36.8 Å². The molecule has 2 heterocycles. The van der Waals surface area contributed by atoms with E-state index in [1.807, 2.05) is 0 Å². The van der Waals surface area contributed by atoms with Crippen molar-refractivity contribution < 1.29 is 49.1 Å². The number of likely N-dealkylation sites (N-methyl/N-ethyl adjacent to an activating group) is 1. The number of phenols is 2. The smallest absolute Gasteiger partial charge is 0.331 e. The normalized spacial score (nSPS) is 18.0. The van der Waals surface area contributed by atoms with E-state index in [2.05, 4.69) is 26.3 Å². The first-order valence-electron chi connectivity index (χ1n) is 18.3. The van der Waals surface area contributed by atoms with Gasteiger partial charge in [0.25, 0.3) is 5.56 Å². The maximum absolute atomic E-state index is 13.9. The van der Waals surface area contributed by atoms with Crippen LogP contribution in [0.3, 0.4) is 0 Å². The van der Waals surface area contributed by atoms with Crippen LogP contribution in [-0.4, -0.2) is 120 Å². The number of carbonyl (C=O) groups excluding carboxylic acids is 4. The minimum absolute atomic E-state index is 0.0252. The number of hydrogen-bond acceptors (Lipinski definition) is 13. The average Bonchev–Trinajstić information content (AvgIpc) is 3.55. The number of aromatic amines is 1. The molecule has 2 aromatic carbocycles. The molecular formula is C38H48N8O12S. The number of aromatic hydroxyl groups is 2. The lowest BCUT2D eigenvalue weighted by Gasteiger charge is -2.34. The Labute approximate surface area is 341 Å². The molecule has 3 aromatic rings. The summed E-state index contributed by atoms with van der Waals surface area (Å²) in [5.41, 5.74) is 5.75. The minimum atomic E-state index is -1.52. The Bertz CT molecular complexity index is 2140. The SMILES string of the molecule is CSCC[C@H](NC(=O)NC(Cc1cccc(O)c1)C(=O)O)C(=O)N[C@@H](C(=O)N/C=C1\CC(O)C(n2ccc(=O)[nH]c2=O)O1)C(C)N(C)C(=O)[C@@H](N)Cc1cccc(O)c1. The van der Waals surface area contributed by atoms with Gasteiger partial charge in [-0.15, -0.1) is 0 Å². The van der Waals surface area contributed by atoms with Crippen LogP contribution >= 0.6 is 11.8 Å². The average molecular weight is 841 g/mol. The second-order valence-electron chi connectivity index (χ2n) is 13.8. The third kappa shape index (κ3) is 12.8. The van der Waals surface area contributed by atoms with Crippen molar-refractivity contribution >= 4 is 41.5 Å². The number of hydrogen-bond donors (Lipinski definition) is 10. The van der Waals surface area contributed by atoms with Gasteiger partial charge in [0.2, 0.25) is 23.9 Å². The van der Waals surface area contributed by atoms with Gasteiger partial charge in [-0.3, -0.25) is 28.7 Å². The number of thioether (sulfide) groups is 1. The van der Waals surface area contributed by atoms with Gasteiger partial charge in [0.05, 0.1) is 12.1 Å². The number of nitrogens with zero attached hydrogens (tertiary/aromatic N) is 2. The Morgan fingerprint density at radius 1 is 0.983 bits per heavy atom. The largest absolute Gasteiger partial charge is 0.508 e. The molecule has 0 bridgehead atoms. The van der Waals surface area contributed by atoms with Crippen LogP contribution in [0.25, 0.3) is 0 Å². The molecule has 0 radical (unpaired) electrons. The zero-order chi connectivity index (χ0) is 43.4. The number of aliphatic carboxylic acids is 1. The molecule has 1 aliphatic heterocycles. The van der Waals surface area contributed by atoms with Crippen LogP contribution in [0, 0.1) is 0 Å². The fourth-order valence-corrected chi connectivity index (χ4v) is 6.62. The summed E-state index contributed by atoms with van der Waals surface area (Å²) in [6, 6.07) is 5.55.